The Labute approximate surface area is 146 Å². The van der Waals surface area contributed by atoms with E-state index in [-0.39, 0.29) is 0 Å². The van der Waals surface area contributed by atoms with Crippen molar-refractivity contribution in [3.8, 4) is 11.5 Å². The highest BCUT2D eigenvalue weighted by Crippen LogP contribution is 2.32. The second-order valence-electron chi connectivity index (χ2n) is 5.16. The molecular formula is C21H29NO2. The second-order valence-corrected chi connectivity index (χ2v) is 5.16. The maximum Gasteiger partial charge on any atom is 0.231 e. The fourth-order valence-electron chi connectivity index (χ4n) is 2.39. The number of benzene rings is 2. The first-order valence-electron chi connectivity index (χ1n) is 8.42. The van der Waals surface area contributed by atoms with Crippen LogP contribution in [-0.2, 0) is 13.0 Å². The van der Waals surface area contributed by atoms with E-state index in [4.69, 9.17) is 9.47 Å². The highest BCUT2D eigenvalue weighted by molar-refractivity contribution is 5.44. The summed E-state index contributed by atoms with van der Waals surface area (Å²) in [5.74, 6) is 1.72. The molecule has 0 atom stereocenters. The summed E-state index contributed by atoms with van der Waals surface area (Å²) in [5, 5.41) is 0. The van der Waals surface area contributed by atoms with Crippen molar-refractivity contribution >= 4 is 0 Å². The van der Waals surface area contributed by atoms with Crippen molar-refractivity contribution in [2.24, 2.45) is 0 Å². The molecule has 0 amide bonds. The molecule has 0 spiro atoms. The van der Waals surface area contributed by atoms with Crippen molar-refractivity contribution in [1.29, 1.82) is 0 Å². The Balaban J connectivity index is 0.000000671. The van der Waals surface area contributed by atoms with Crippen molar-refractivity contribution < 1.29 is 9.47 Å². The topological polar surface area (TPSA) is 21.7 Å². The minimum atomic E-state index is 0.340. The van der Waals surface area contributed by atoms with Crippen LogP contribution in [0, 0.1) is 0 Å². The number of likely N-dealkylation sites (N-methyl/N-ethyl adjacent to an activating group) is 1. The molecule has 0 saturated carbocycles. The van der Waals surface area contributed by atoms with Gasteiger partial charge in [-0.25, -0.2) is 0 Å². The summed E-state index contributed by atoms with van der Waals surface area (Å²) in [6.07, 6.45) is 1.01. The van der Waals surface area contributed by atoms with E-state index < -0.39 is 0 Å². The Kier molecular flexibility index (Phi) is 9.32. The summed E-state index contributed by atoms with van der Waals surface area (Å²) >= 11 is 0. The summed E-state index contributed by atoms with van der Waals surface area (Å²) in [5.41, 5.74) is 2.63. The van der Waals surface area contributed by atoms with Gasteiger partial charge in [0.05, 0.1) is 0 Å². The van der Waals surface area contributed by atoms with Crippen molar-refractivity contribution in [2.45, 2.75) is 26.8 Å². The fourth-order valence-corrected chi connectivity index (χ4v) is 2.39. The molecule has 1 heterocycles. The Morgan fingerprint density at radius 1 is 0.917 bits per heavy atom. The largest absolute Gasteiger partial charge is 0.454 e. The summed E-state index contributed by atoms with van der Waals surface area (Å²) in [6, 6.07) is 16.7. The minimum Gasteiger partial charge on any atom is -0.454 e. The van der Waals surface area contributed by atoms with Crippen LogP contribution in [0.15, 0.2) is 61.7 Å². The van der Waals surface area contributed by atoms with Gasteiger partial charge in [-0.2, -0.15) is 0 Å². The van der Waals surface area contributed by atoms with E-state index in [1.807, 2.05) is 19.9 Å². The Morgan fingerprint density at radius 2 is 1.58 bits per heavy atom. The van der Waals surface area contributed by atoms with Crippen LogP contribution in [0.4, 0.5) is 0 Å². The van der Waals surface area contributed by atoms with E-state index in [9.17, 15) is 0 Å². The fraction of sp³-hybridized carbons (Fsp3) is 0.333. The number of nitrogens with zero attached hydrogens (tertiary/aromatic N) is 1. The molecule has 0 aliphatic carbocycles. The summed E-state index contributed by atoms with van der Waals surface area (Å²) in [7, 11) is 2.15. The zero-order valence-corrected chi connectivity index (χ0v) is 15.1. The molecule has 1 aliphatic heterocycles. The lowest BCUT2D eigenvalue weighted by atomic mass is 10.1. The van der Waals surface area contributed by atoms with Gasteiger partial charge >= 0.3 is 0 Å². The number of fused-ring (bicyclic) bond motifs is 1. The molecule has 24 heavy (non-hydrogen) atoms. The van der Waals surface area contributed by atoms with Crippen molar-refractivity contribution in [3.63, 3.8) is 0 Å². The summed E-state index contributed by atoms with van der Waals surface area (Å²) < 4.78 is 10.7. The van der Waals surface area contributed by atoms with Gasteiger partial charge in [0.2, 0.25) is 6.79 Å². The molecule has 3 heteroatoms. The molecule has 3 nitrogen and oxygen atoms in total. The molecule has 0 bridgehead atoms. The van der Waals surface area contributed by atoms with Crippen LogP contribution < -0.4 is 9.47 Å². The lowest BCUT2D eigenvalue weighted by molar-refractivity contribution is 0.174. The van der Waals surface area contributed by atoms with Gasteiger partial charge in [-0.1, -0.05) is 50.2 Å². The Morgan fingerprint density at radius 3 is 2.29 bits per heavy atom. The smallest absolute Gasteiger partial charge is 0.231 e. The molecule has 2 aromatic carbocycles. The number of ether oxygens (including phenoxy) is 2. The third-order valence-corrected chi connectivity index (χ3v) is 3.51. The van der Waals surface area contributed by atoms with Crippen molar-refractivity contribution in [3.05, 3.63) is 72.8 Å². The molecule has 0 radical (unpaired) electrons. The monoisotopic (exact) mass is 327 g/mol. The zero-order valence-electron chi connectivity index (χ0n) is 15.1. The number of hydrogen-bond donors (Lipinski definition) is 0. The summed E-state index contributed by atoms with van der Waals surface area (Å²) in [6.45, 7) is 12.3. The molecule has 0 aromatic heterocycles. The Bertz CT molecular complexity index is 584. The average molecular weight is 327 g/mol. The number of rotatable bonds is 5. The minimum absolute atomic E-state index is 0.340. The van der Waals surface area contributed by atoms with Crippen LogP contribution in [0.25, 0.3) is 0 Å². The summed E-state index contributed by atoms with van der Waals surface area (Å²) in [4.78, 5) is 2.33. The highest BCUT2D eigenvalue weighted by atomic mass is 16.7. The van der Waals surface area contributed by atoms with E-state index in [0.717, 1.165) is 31.0 Å². The van der Waals surface area contributed by atoms with Gasteiger partial charge in [0.1, 0.15) is 0 Å². The lowest BCUT2D eigenvalue weighted by Crippen LogP contribution is -2.20. The first-order valence-corrected chi connectivity index (χ1v) is 8.42. The maximum absolute atomic E-state index is 5.41. The first kappa shape index (κ1) is 19.8. The molecule has 2 aromatic rings. The van der Waals surface area contributed by atoms with E-state index in [0.29, 0.717) is 6.79 Å². The third-order valence-electron chi connectivity index (χ3n) is 3.51. The molecule has 130 valence electrons. The molecule has 0 N–H and O–H groups in total. The second kappa shape index (κ2) is 11.3. The predicted octanol–water partition coefficient (Wildman–Crippen LogP) is 4.92. The van der Waals surface area contributed by atoms with Gasteiger partial charge in [-0.15, -0.1) is 13.2 Å². The van der Waals surface area contributed by atoms with E-state index >= 15 is 0 Å². The van der Waals surface area contributed by atoms with Crippen LogP contribution in [-0.4, -0.2) is 25.3 Å². The normalized spacial score (nSPS) is 11.2. The lowest BCUT2D eigenvalue weighted by Gasteiger charge is -2.16. The van der Waals surface area contributed by atoms with Crippen molar-refractivity contribution in [2.75, 3.05) is 20.4 Å². The predicted molar refractivity (Wildman–Crippen MR) is 102 cm³/mol. The third kappa shape index (κ3) is 6.09. The number of hydrogen-bond acceptors (Lipinski definition) is 3. The van der Waals surface area contributed by atoms with Gasteiger partial charge in [0, 0.05) is 13.1 Å². The van der Waals surface area contributed by atoms with Crippen LogP contribution >= 0.6 is 0 Å². The van der Waals surface area contributed by atoms with Crippen LogP contribution in [0.3, 0.4) is 0 Å². The quantitative estimate of drug-likeness (QED) is 0.728. The Hall–Kier alpha value is -2.26. The molecule has 0 unspecified atom stereocenters. The van der Waals surface area contributed by atoms with Crippen LogP contribution in [0.1, 0.15) is 25.0 Å². The van der Waals surface area contributed by atoms with Gasteiger partial charge < -0.3 is 14.4 Å². The standard InChI is InChI=1S/C17H19NO2.C2H6.C2H4/c1-18(12-15-5-3-2-4-6-15)10-9-14-7-8-16-17(11-14)20-13-19-16;2*1-2/h2-8,11H,9-10,12-13H2,1H3;1-2H3;1-2H2. The SMILES string of the molecule is C=C.CC.CN(CCc1ccc2c(c1)OCO2)Cc1ccccc1. The van der Waals surface area contributed by atoms with Crippen molar-refractivity contribution in [1.82, 2.24) is 4.90 Å². The van der Waals surface area contributed by atoms with E-state index in [2.05, 4.69) is 67.6 Å². The van der Waals surface area contributed by atoms with Gasteiger partial charge in [0.25, 0.3) is 0 Å². The van der Waals surface area contributed by atoms with Crippen LogP contribution in [0.5, 0.6) is 11.5 Å². The zero-order chi connectivity index (χ0) is 17.8. The van der Waals surface area contributed by atoms with E-state index in [1.54, 1.807) is 0 Å². The first-order chi connectivity index (χ1) is 11.8. The van der Waals surface area contributed by atoms with Gasteiger partial charge in [-0.05, 0) is 36.7 Å². The highest BCUT2D eigenvalue weighted by Gasteiger charge is 2.13. The van der Waals surface area contributed by atoms with Crippen LogP contribution in [0.2, 0.25) is 0 Å². The molecule has 1 aliphatic rings. The van der Waals surface area contributed by atoms with Gasteiger partial charge in [-0.3, -0.25) is 0 Å². The van der Waals surface area contributed by atoms with Gasteiger partial charge in [0.15, 0.2) is 11.5 Å². The molecular weight excluding hydrogens is 298 g/mol. The average Bonchev–Trinajstić information content (AvgIpc) is 3.12. The molecule has 0 saturated heterocycles. The molecule has 3 rings (SSSR count). The molecule has 0 fully saturated rings. The maximum atomic E-state index is 5.41. The van der Waals surface area contributed by atoms with E-state index in [1.165, 1.54) is 11.1 Å².